The van der Waals surface area contributed by atoms with Gasteiger partial charge in [0.2, 0.25) is 0 Å². The van der Waals surface area contributed by atoms with E-state index in [9.17, 15) is 9.59 Å². The van der Waals surface area contributed by atoms with Gasteiger partial charge in [0.1, 0.15) is 0 Å². The molecule has 0 heterocycles. The zero-order valence-electron chi connectivity index (χ0n) is 11.5. The summed E-state index contributed by atoms with van der Waals surface area (Å²) < 4.78 is 0. The van der Waals surface area contributed by atoms with Gasteiger partial charge in [-0.05, 0) is 37.5 Å². The fraction of sp³-hybridized carbons (Fsp3) is 0.429. The lowest BCUT2D eigenvalue weighted by Crippen LogP contribution is -2.37. The van der Waals surface area contributed by atoms with E-state index in [1.165, 1.54) is 6.07 Å². The molecule has 0 aliphatic carbocycles. The summed E-state index contributed by atoms with van der Waals surface area (Å²) >= 11 is 0. The molecule has 3 N–H and O–H groups in total. The largest absolute Gasteiger partial charge is 0.478 e. The minimum atomic E-state index is -0.999. The van der Waals surface area contributed by atoms with Crippen molar-refractivity contribution in [2.75, 3.05) is 5.32 Å². The molecule has 0 fully saturated rings. The van der Waals surface area contributed by atoms with Crippen LogP contribution in [0.5, 0.6) is 0 Å². The molecule has 0 aromatic heterocycles. The molecule has 0 spiro atoms. The third-order valence-electron chi connectivity index (χ3n) is 3.05. The van der Waals surface area contributed by atoms with Crippen molar-refractivity contribution in [2.24, 2.45) is 0 Å². The van der Waals surface area contributed by atoms with Gasteiger partial charge in [-0.15, -0.1) is 0 Å². The van der Waals surface area contributed by atoms with E-state index < -0.39 is 5.97 Å². The van der Waals surface area contributed by atoms with Crippen molar-refractivity contribution < 1.29 is 14.7 Å². The van der Waals surface area contributed by atoms with Crippen LogP contribution in [0, 0.1) is 6.92 Å². The summed E-state index contributed by atoms with van der Waals surface area (Å²) in [6.07, 6.45) is 1.72. The average molecular weight is 264 g/mol. The molecule has 1 aromatic carbocycles. The Morgan fingerprint density at radius 3 is 2.42 bits per heavy atom. The molecule has 19 heavy (non-hydrogen) atoms. The van der Waals surface area contributed by atoms with E-state index in [4.69, 9.17) is 5.11 Å². The third-order valence-corrected chi connectivity index (χ3v) is 3.05. The number of aromatic carboxylic acids is 1. The fourth-order valence-electron chi connectivity index (χ4n) is 1.78. The van der Waals surface area contributed by atoms with E-state index in [2.05, 4.69) is 10.6 Å². The molecular weight excluding hydrogens is 244 g/mol. The van der Waals surface area contributed by atoms with Gasteiger partial charge in [0.15, 0.2) is 0 Å². The monoisotopic (exact) mass is 264 g/mol. The maximum atomic E-state index is 11.7. The Balaban J connectivity index is 2.74. The number of aryl methyl sites for hydroxylation is 1. The Morgan fingerprint density at radius 2 is 1.89 bits per heavy atom. The van der Waals surface area contributed by atoms with Crippen molar-refractivity contribution in [1.82, 2.24) is 5.32 Å². The Labute approximate surface area is 113 Å². The normalized spacial score (nSPS) is 10.3. The molecule has 1 rings (SSSR count). The van der Waals surface area contributed by atoms with Gasteiger partial charge in [-0.1, -0.05) is 19.9 Å². The molecule has 0 aliphatic heterocycles. The highest BCUT2D eigenvalue weighted by molar-refractivity contribution is 5.94. The second kappa shape index (κ2) is 6.78. The van der Waals surface area contributed by atoms with Crippen molar-refractivity contribution in [3.05, 3.63) is 29.3 Å². The lowest BCUT2D eigenvalue weighted by molar-refractivity contribution is 0.0696. The fourth-order valence-corrected chi connectivity index (χ4v) is 1.78. The van der Waals surface area contributed by atoms with Gasteiger partial charge in [0.25, 0.3) is 0 Å². The molecule has 0 atom stereocenters. The van der Waals surface area contributed by atoms with Gasteiger partial charge in [-0.2, -0.15) is 0 Å². The number of anilines is 1. The van der Waals surface area contributed by atoms with E-state index >= 15 is 0 Å². The number of benzene rings is 1. The molecule has 5 heteroatoms. The van der Waals surface area contributed by atoms with Crippen LogP contribution in [0.3, 0.4) is 0 Å². The first-order valence-electron chi connectivity index (χ1n) is 6.39. The maximum absolute atomic E-state index is 11.7. The number of hydrogen-bond donors (Lipinski definition) is 3. The molecule has 0 radical (unpaired) electrons. The van der Waals surface area contributed by atoms with Crippen molar-refractivity contribution in [3.63, 3.8) is 0 Å². The van der Waals surface area contributed by atoms with Crippen LogP contribution in [0.25, 0.3) is 0 Å². The van der Waals surface area contributed by atoms with Crippen LogP contribution in [0.15, 0.2) is 18.2 Å². The number of nitrogens with one attached hydrogen (secondary N) is 2. The maximum Gasteiger partial charge on any atom is 0.336 e. The van der Waals surface area contributed by atoms with Gasteiger partial charge in [-0.25, -0.2) is 9.59 Å². The number of carbonyl (C=O) groups excluding carboxylic acids is 1. The number of carbonyl (C=O) groups is 2. The van der Waals surface area contributed by atoms with Crippen molar-refractivity contribution in [3.8, 4) is 0 Å². The molecule has 0 saturated carbocycles. The Kier molecular flexibility index (Phi) is 5.36. The lowest BCUT2D eigenvalue weighted by Gasteiger charge is -2.15. The molecule has 0 aliphatic rings. The summed E-state index contributed by atoms with van der Waals surface area (Å²) in [5, 5.41) is 14.5. The van der Waals surface area contributed by atoms with Crippen molar-refractivity contribution in [1.29, 1.82) is 0 Å². The minimum Gasteiger partial charge on any atom is -0.478 e. The zero-order chi connectivity index (χ0) is 14.4. The molecular formula is C14H20N2O3. The smallest absolute Gasteiger partial charge is 0.336 e. The standard InChI is InChI=1S/C14H20N2O3/c1-4-10(5-2)15-14(19)16-11-7-6-9(3)12(8-11)13(17)18/h6-8,10H,4-5H2,1-3H3,(H,17,18)(H2,15,16,19). The van der Waals surface area contributed by atoms with Gasteiger partial charge < -0.3 is 15.7 Å². The highest BCUT2D eigenvalue weighted by Crippen LogP contribution is 2.15. The lowest BCUT2D eigenvalue weighted by atomic mass is 10.1. The average Bonchev–Trinajstić information content (AvgIpc) is 2.37. The summed E-state index contributed by atoms with van der Waals surface area (Å²) in [7, 11) is 0. The second-order valence-electron chi connectivity index (χ2n) is 4.45. The van der Waals surface area contributed by atoms with Crippen molar-refractivity contribution >= 4 is 17.7 Å². The molecule has 1 aromatic rings. The van der Waals surface area contributed by atoms with E-state index in [1.54, 1.807) is 19.1 Å². The van der Waals surface area contributed by atoms with E-state index in [-0.39, 0.29) is 17.6 Å². The van der Waals surface area contributed by atoms with Gasteiger partial charge in [-0.3, -0.25) is 0 Å². The van der Waals surface area contributed by atoms with E-state index in [0.717, 1.165) is 12.8 Å². The summed E-state index contributed by atoms with van der Waals surface area (Å²) in [5.74, 6) is -0.999. The predicted octanol–water partition coefficient (Wildman–Crippen LogP) is 3.00. The zero-order valence-corrected chi connectivity index (χ0v) is 11.5. The summed E-state index contributed by atoms with van der Waals surface area (Å²) in [6, 6.07) is 4.65. The van der Waals surface area contributed by atoms with E-state index in [1.807, 2.05) is 13.8 Å². The van der Waals surface area contributed by atoms with Crippen molar-refractivity contribution in [2.45, 2.75) is 39.7 Å². The molecule has 0 unspecified atom stereocenters. The van der Waals surface area contributed by atoms with Gasteiger partial charge >= 0.3 is 12.0 Å². The van der Waals surface area contributed by atoms with Gasteiger partial charge in [0, 0.05) is 11.7 Å². The van der Waals surface area contributed by atoms with Gasteiger partial charge in [0.05, 0.1) is 5.56 Å². The molecule has 104 valence electrons. The Hall–Kier alpha value is -2.04. The highest BCUT2D eigenvalue weighted by atomic mass is 16.4. The topological polar surface area (TPSA) is 78.4 Å². The number of carboxylic acids is 1. The highest BCUT2D eigenvalue weighted by Gasteiger charge is 2.11. The quantitative estimate of drug-likeness (QED) is 0.765. The van der Waals surface area contributed by atoms with E-state index in [0.29, 0.717) is 11.3 Å². The first kappa shape index (κ1) is 15.0. The van der Waals surface area contributed by atoms with Crippen LogP contribution in [-0.4, -0.2) is 23.1 Å². The second-order valence-corrected chi connectivity index (χ2v) is 4.45. The number of urea groups is 1. The predicted molar refractivity (Wildman–Crippen MR) is 74.7 cm³/mol. The number of rotatable bonds is 5. The summed E-state index contributed by atoms with van der Waals surface area (Å²) in [4.78, 5) is 22.7. The Bertz CT molecular complexity index is 468. The first-order valence-corrected chi connectivity index (χ1v) is 6.39. The SMILES string of the molecule is CCC(CC)NC(=O)Nc1ccc(C)c(C(=O)O)c1. The number of hydrogen-bond acceptors (Lipinski definition) is 2. The van der Waals surface area contributed by atoms with Crippen LogP contribution in [-0.2, 0) is 0 Å². The molecule has 2 amide bonds. The summed E-state index contributed by atoms with van der Waals surface area (Å²) in [5.41, 5.74) is 1.34. The van der Waals surface area contributed by atoms with Crippen LogP contribution in [0.4, 0.5) is 10.5 Å². The summed E-state index contributed by atoms with van der Waals surface area (Å²) in [6.45, 7) is 5.73. The minimum absolute atomic E-state index is 0.129. The first-order chi connectivity index (χ1) is 8.97. The van der Waals surface area contributed by atoms with Crippen LogP contribution in [0.1, 0.15) is 42.6 Å². The molecule has 5 nitrogen and oxygen atoms in total. The Morgan fingerprint density at radius 1 is 1.26 bits per heavy atom. The number of carboxylic acid groups (broad SMARTS) is 1. The van der Waals surface area contributed by atoms with Crippen LogP contribution >= 0.6 is 0 Å². The molecule has 0 bridgehead atoms. The molecule has 0 saturated heterocycles. The van der Waals surface area contributed by atoms with Crippen LogP contribution < -0.4 is 10.6 Å². The third kappa shape index (κ3) is 4.28. The van der Waals surface area contributed by atoms with Crippen LogP contribution in [0.2, 0.25) is 0 Å². The number of amides is 2.